The number of fused-ring (bicyclic) bond motifs is 6. The molecule has 2 aromatic heterocycles. The average molecular weight is 284 g/mol. The summed E-state index contributed by atoms with van der Waals surface area (Å²) in [5, 5.41) is 12.3. The number of furan rings is 1. The van der Waals surface area contributed by atoms with E-state index in [2.05, 4.69) is 18.2 Å². The SMILES string of the molecule is N=Cn1c2ccccc2c2cc3c(cc21)oc1ccccc13. The monoisotopic (exact) mass is 284 g/mol. The van der Waals surface area contributed by atoms with E-state index in [1.807, 2.05) is 47.0 Å². The van der Waals surface area contributed by atoms with Gasteiger partial charge < -0.3 is 8.98 Å². The zero-order chi connectivity index (χ0) is 14.7. The summed E-state index contributed by atoms with van der Waals surface area (Å²) in [5.41, 5.74) is 3.81. The van der Waals surface area contributed by atoms with Crippen molar-refractivity contribution in [3.63, 3.8) is 0 Å². The van der Waals surface area contributed by atoms with E-state index in [1.165, 1.54) is 6.34 Å². The molecule has 3 nitrogen and oxygen atoms in total. The van der Waals surface area contributed by atoms with Crippen LogP contribution in [0.2, 0.25) is 0 Å². The number of rotatable bonds is 1. The highest BCUT2D eigenvalue weighted by atomic mass is 16.3. The van der Waals surface area contributed by atoms with E-state index < -0.39 is 0 Å². The van der Waals surface area contributed by atoms with Gasteiger partial charge in [-0.05, 0) is 18.2 Å². The summed E-state index contributed by atoms with van der Waals surface area (Å²) in [5.74, 6) is 0. The van der Waals surface area contributed by atoms with Crippen LogP contribution in [0.15, 0.2) is 65.1 Å². The maximum absolute atomic E-state index is 7.75. The molecule has 0 radical (unpaired) electrons. The van der Waals surface area contributed by atoms with E-state index in [1.54, 1.807) is 0 Å². The molecule has 0 aliphatic rings. The summed E-state index contributed by atoms with van der Waals surface area (Å²) in [6, 6.07) is 20.5. The second-order valence-corrected chi connectivity index (χ2v) is 5.48. The maximum Gasteiger partial charge on any atom is 0.137 e. The largest absolute Gasteiger partial charge is 0.456 e. The zero-order valence-electron chi connectivity index (χ0n) is 11.7. The molecule has 0 spiro atoms. The fourth-order valence-electron chi connectivity index (χ4n) is 3.36. The molecule has 1 N–H and O–H groups in total. The Labute approximate surface area is 125 Å². The van der Waals surface area contributed by atoms with Gasteiger partial charge in [0.05, 0.1) is 17.4 Å². The smallest absolute Gasteiger partial charge is 0.137 e. The van der Waals surface area contributed by atoms with Crippen molar-refractivity contribution in [3.8, 4) is 0 Å². The predicted octanol–water partition coefficient (Wildman–Crippen LogP) is 5.15. The number of para-hydroxylation sites is 2. The molecule has 5 rings (SSSR count). The van der Waals surface area contributed by atoms with Crippen molar-refractivity contribution in [3.05, 3.63) is 60.7 Å². The number of nitrogens with zero attached hydrogens (tertiary/aromatic N) is 1. The van der Waals surface area contributed by atoms with Gasteiger partial charge in [-0.3, -0.25) is 5.41 Å². The molecule has 0 saturated heterocycles. The van der Waals surface area contributed by atoms with Gasteiger partial charge >= 0.3 is 0 Å². The number of hydrogen-bond acceptors (Lipinski definition) is 2. The lowest BCUT2D eigenvalue weighted by molar-refractivity contribution is 0.669. The molecular weight excluding hydrogens is 272 g/mol. The van der Waals surface area contributed by atoms with E-state index >= 15 is 0 Å². The molecule has 0 amide bonds. The van der Waals surface area contributed by atoms with Gasteiger partial charge in [0.15, 0.2) is 0 Å². The second-order valence-electron chi connectivity index (χ2n) is 5.48. The van der Waals surface area contributed by atoms with Crippen molar-refractivity contribution in [2.45, 2.75) is 0 Å². The van der Waals surface area contributed by atoms with Crippen molar-refractivity contribution >= 4 is 50.1 Å². The Hall–Kier alpha value is -3.07. The zero-order valence-corrected chi connectivity index (χ0v) is 11.7. The van der Waals surface area contributed by atoms with Gasteiger partial charge in [0, 0.05) is 27.6 Å². The molecule has 0 fully saturated rings. The van der Waals surface area contributed by atoms with Crippen LogP contribution < -0.4 is 0 Å². The Balaban J connectivity index is 2.08. The van der Waals surface area contributed by atoms with Crippen LogP contribution in [0.5, 0.6) is 0 Å². The van der Waals surface area contributed by atoms with Crippen LogP contribution in [0.1, 0.15) is 0 Å². The Morgan fingerprint density at radius 1 is 0.727 bits per heavy atom. The van der Waals surface area contributed by atoms with Gasteiger partial charge in [-0.1, -0.05) is 36.4 Å². The minimum absolute atomic E-state index is 0.861. The lowest BCUT2D eigenvalue weighted by Crippen LogP contribution is -1.92. The van der Waals surface area contributed by atoms with Crippen LogP contribution >= 0.6 is 0 Å². The van der Waals surface area contributed by atoms with E-state index in [-0.39, 0.29) is 0 Å². The lowest BCUT2D eigenvalue weighted by Gasteiger charge is -1.97. The average Bonchev–Trinajstić information content (AvgIpc) is 3.07. The fraction of sp³-hybridized carbons (Fsp3) is 0. The summed E-state index contributed by atoms with van der Waals surface area (Å²) >= 11 is 0. The number of aromatic nitrogens is 1. The first-order valence-corrected chi connectivity index (χ1v) is 7.21. The van der Waals surface area contributed by atoms with Gasteiger partial charge in [0.2, 0.25) is 0 Å². The molecule has 3 aromatic carbocycles. The van der Waals surface area contributed by atoms with Gasteiger partial charge in [-0.15, -0.1) is 0 Å². The van der Waals surface area contributed by atoms with Crippen LogP contribution in [0.3, 0.4) is 0 Å². The lowest BCUT2D eigenvalue weighted by atomic mass is 10.1. The molecular formula is C19H12N2O. The highest BCUT2D eigenvalue weighted by Gasteiger charge is 2.13. The number of benzene rings is 3. The third-order valence-electron chi connectivity index (χ3n) is 4.34. The summed E-state index contributed by atoms with van der Waals surface area (Å²) in [4.78, 5) is 0. The van der Waals surface area contributed by atoms with Gasteiger partial charge in [0.25, 0.3) is 0 Å². The highest BCUT2D eigenvalue weighted by Crippen LogP contribution is 2.35. The van der Waals surface area contributed by atoms with Crippen LogP contribution in [-0.2, 0) is 0 Å². The first-order chi connectivity index (χ1) is 10.9. The van der Waals surface area contributed by atoms with Crippen LogP contribution in [0.25, 0.3) is 43.7 Å². The third kappa shape index (κ3) is 1.33. The Kier molecular flexibility index (Phi) is 2.09. The fourth-order valence-corrected chi connectivity index (χ4v) is 3.36. The van der Waals surface area contributed by atoms with E-state index in [4.69, 9.17) is 9.83 Å². The molecule has 0 saturated carbocycles. The van der Waals surface area contributed by atoms with Gasteiger partial charge in [-0.25, -0.2) is 0 Å². The van der Waals surface area contributed by atoms with Gasteiger partial charge in [-0.2, -0.15) is 0 Å². The summed E-state index contributed by atoms with van der Waals surface area (Å²) < 4.78 is 7.87. The molecule has 5 aromatic rings. The summed E-state index contributed by atoms with van der Waals surface area (Å²) in [7, 11) is 0. The summed E-state index contributed by atoms with van der Waals surface area (Å²) in [6.45, 7) is 0. The third-order valence-corrected chi connectivity index (χ3v) is 4.34. The standard InChI is InChI=1S/C19H12N2O/c20-11-21-16-7-3-1-5-12(16)14-9-15-13-6-2-4-8-18(13)22-19(15)10-17(14)21/h1-11,20H. The molecule has 0 unspecified atom stereocenters. The minimum atomic E-state index is 0.861. The minimum Gasteiger partial charge on any atom is -0.456 e. The highest BCUT2D eigenvalue weighted by molar-refractivity contribution is 6.18. The van der Waals surface area contributed by atoms with Crippen molar-refractivity contribution < 1.29 is 4.42 Å². The molecule has 0 bridgehead atoms. The summed E-state index contributed by atoms with van der Waals surface area (Å²) in [6.07, 6.45) is 1.36. The predicted molar refractivity (Wildman–Crippen MR) is 90.9 cm³/mol. The van der Waals surface area contributed by atoms with Crippen molar-refractivity contribution in [2.24, 2.45) is 0 Å². The topological polar surface area (TPSA) is 41.9 Å². The Morgan fingerprint density at radius 3 is 2.36 bits per heavy atom. The van der Waals surface area contributed by atoms with Crippen LogP contribution in [0.4, 0.5) is 0 Å². The van der Waals surface area contributed by atoms with Gasteiger partial charge in [0.1, 0.15) is 11.2 Å². The first kappa shape index (κ1) is 11.6. The second kappa shape index (κ2) is 3.98. The molecule has 2 heterocycles. The molecule has 104 valence electrons. The van der Waals surface area contributed by atoms with E-state index in [0.717, 1.165) is 43.7 Å². The molecule has 0 aliphatic heterocycles. The van der Waals surface area contributed by atoms with Crippen molar-refractivity contribution in [1.29, 1.82) is 5.41 Å². The quantitative estimate of drug-likeness (QED) is 0.336. The molecule has 0 aliphatic carbocycles. The number of nitrogens with one attached hydrogen (secondary N) is 1. The van der Waals surface area contributed by atoms with Crippen LogP contribution in [0, 0.1) is 5.41 Å². The Morgan fingerprint density at radius 2 is 1.50 bits per heavy atom. The molecule has 0 atom stereocenters. The van der Waals surface area contributed by atoms with E-state index in [9.17, 15) is 0 Å². The molecule has 22 heavy (non-hydrogen) atoms. The van der Waals surface area contributed by atoms with Crippen molar-refractivity contribution in [2.75, 3.05) is 0 Å². The van der Waals surface area contributed by atoms with Crippen LogP contribution in [-0.4, -0.2) is 10.9 Å². The molecule has 3 heteroatoms. The Bertz CT molecular complexity index is 1190. The normalized spacial score (nSPS) is 11.8. The maximum atomic E-state index is 7.75. The number of hydrogen-bond donors (Lipinski definition) is 1. The first-order valence-electron chi connectivity index (χ1n) is 7.21. The van der Waals surface area contributed by atoms with E-state index in [0.29, 0.717) is 0 Å². The van der Waals surface area contributed by atoms with Crippen molar-refractivity contribution in [1.82, 2.24) is 4.57 Å².